The molecule has 12 heteroatoms. The molecule has 1 aromatic heterocycles. The summed E-state index contributed by atoms with van der Waals surface area (Å²) in [4.78, 5) is 16.5. The number of alkyl halides is 5. The first-order chi connectivity index (χ1) is 14.9. The maximum absolute atomic E-state index is 14.8. The van der Waals surface area contributed by atoms with E-state index >= 15 is 0 Å². The molecule has 0 saturated carbocycles. The number of rotatable bonds is 4. The van der Waals surface area contributed by atoms with Crippen molar-refractivity contribution in [3.05, 3.63) is 64.7 Å². The van der Waals surface area contributed by atoms with Gasteiger partial charge in [-0.1, -0.05) is 0 Å². The summed E-state index contributed by atoms with van der Waals surface area (Å²) in [5.74, 6) is -6.81. The number of nitrogens with two attached hydrogens (primary N) is 1. The Kier molecular flexibility index (Phi) is 6.72. The van der Waals surface area contributed by atoms with Gasteiger partial charge < -0.3 is 10.6 Å². The minimum absolute atomic E-state index is 0.281. The summed E-state index contributed by atoms with van der Waals surface area (Å²) in [7, 11) is 0. The second-order valence-electron chi connectivity index (χ2n) is 7.44. The molecule has 32 heavy (non-hydrogen) atoms. The fourth-order valence-corrected chi connectivity index (χ4v) is 3.73. The minimum Gasteiger partial charge on any atom is -0.331 e. The van der Waals surface area contributed by atoms with Crippen LogP contribution in [-0.4, -0.2) is 47.3 Å². The molecule has 4 nitrogen and oxygen atoms in total. The third-order valence-corrected chi connectivity index (χ3v) is 5.27. The molecule has 2 aromatic rings. The summed E-state index contributed by atoms with van der Waals surface area (Å²) in [5.41, 5.74) is 3.08. The van der Waals surface area contributed by atoms with Gasteiger partial charge in [-0.3, -0.25) is 9.78 Å². The van der Waals surface area contributed by atoms with Crippen molar-refractivity contribution in [2.75, 3.05) is 13.1 Å². The number of halogens is 8. The van der Waals surface area contributed by atoms with E-state index in [2.05, 4.69) is 4.98 Å². The predicted octanol–water partition coefficient (Wildman–Crippen LogP) is 3.84. The van der Waals surface area contributed by atoms with Gasteiger partial charge in [0.1, 0.15) is 23.9 Å². The van der Waals surface area contributed by atoms with E-state index in [1.54, 1.807) is 0 Å². The highest BCUT2D eigenvalue weighted by Crippen LogP contribution is 2.33. The number of likely N-dealkylation sites (tertiary alicyclic amines) is 1. The number of aromatic nitrogens is 1. The van der Waals surface area contributed by atoms with Gasteiger partial charge in [0.15, 0.2) is 11.6 Å². The number of pyridine rings is 1. The molecule has 0 spiro atoms. The molecule has 1 amide bonds. The summed E-state index contributed by atoms with van der Waals surface area (Å²) in [6.45, 7) is -1.54. The molecule has 3 rings (SSSR count). The Hall–Kier alpha value is -2.76. The zero-order valence-electron chi connectivity index (χ0n) is 16.2. The van der Waals surface area contributed by atoms with Crippen LogP contribution >= 0.6 is 0 Å². The highest BCUT2D eigenvalue weighted by atomic mass is 19.4. The Morgan fingerprint density at radius 1 is 1.09 bits per heavy atom. The Morgan fingerprint density at radius 2 is 1.69 bits per heavy atom. The lowest BCUT2D eigenvalue weighted by Crippen LogP contribution is -2.57. The van der Waals surface area contributed by atoms with Crippen LogP contribution in [0.3, 0.4) is 0 Å². The van der Waals surface area contributed by atoms with E-state index in [9.17, 15) is 39.9 Å². The van der Waals surface area contributed by atoms with E-state index in [-0.39, 0.29) is 6.07 Å². The fourth-order valence-electron chi connectivity index (χ4n) is 3.73. The van der Waals surface area contributed by atoms with Crippen molar-refractivity contribution >= 4 is 5.91 Å². The van der Waals surface area contributed by atoms with Crippen molar-refractivity contribution < 1.29 is 39.9 Å². The average molecular weight is 467 g/mol. The van der Waals surface area contributed by atoms with Crippen molar-refractivity contribution in [1.82, 2.24) is 9.88 Å². The third-order valence-electron chi connectivity index (χ3n) is 5.27. The van der Waals surface area contributed by atoms with E-state index in [0.29, 0.717) is 17.0 Å². The van der Waals surface area contributed by atoms with Crippen molar-refractivity contribution in [2.45, 2.75) is 31.0 Å². The molecule has 2 heterocycles. The molecular weight excluding hydrogens is 450 g/mol. The van der Waals surface area contributed by atoms with Crippen molar-refractivity contribution in [1.29, 1.82) is 0 Å². The smallest absolute Gasteiger partial charge is 0.331 e. The quantitative estimate of drug-likeness (QED) is 0.549. The molecule has 2 unspecified atom stereocenters. The maximum atomic E-state index is 14.8. The van der Waals surface area contributed by atoms with E-state index in [1.807, 2.05) is 0 Å². The molecule has 174 valence electrons. The monoisotopic (exact) mass is 467 g/mol. The normalized spacial score (nSPS) is 22.7. The van der Waals surface area contributed by atoms with Crippen LogP contribution in [0, 0.1) is 23.4 Å². The highest BCUT2D eigenvalue weighted by molar-refractivity contribution is 5.94. The summed E-state index contributed by atoms with van der Waals surface area (Å²) < 4.78 is 109. The molecule has 1 aliphatic heterocycles. The summed E-state index contributed by atoms with van der Waals surface area (Å²) in [5, 5.41) is 0. The molecule has 3 atom stereocenters. The minimum atomic E-state index is -4.90. The van der Waals surface area contributed by atoms with Crippen LogP contribution in [0.15, 0.2) is 30.5 Å². The largest absolute Gasteiger partial charge is 0.418 e. The van der Waals surface area contributed by atoms with E-state index in [1.165, 1.54) is 0 Å². The molecule has 1 aromatic carbocycles. The van der Waals surface area contributed by atoms with Gasteiger partial charge in [-0.2, -0.15) is 13.2 Å². The van der Waals surface area contributed by atoms with Gasteiger partial charge in [-0.25, -0.2) is 22.0 Å². The van der Waals surface area contributed by atoms with Gasteiger partial charge in [0.2, 0.25) is 0 Å². The second kappa shape index (κ2) is 9.00. The van der Waals surface area contributed by atoms with Crippen LogP contribution in [0.4, 0.5) is 35.1 Å². The standard InChI is InChI=1S/C20H17F8N3O/c21-11-6-13(23)12(22)4-9(11)5-16(29)17-14(24)7-31(8-15(17)25)19(32)18-10(20(26,27)28)2-1-3-30-18/h1-4,6,14-17H,5,7-8,29H2/t14?,15?,16-,17?/m1/s1. The second-order valence-corrected chi connectivity index (χ2v) is 7.44. The van der Waals surface area contributed by atoms with Crippen molar-refractivity contribution in [2.24, 2.45) is 11.7 Å². The Labute approximate surface area is 177 Å². The van der Waals surface area contributed by atoms with Gasteiger partial charge in [0.25, 0.3) is 5.91 Å². The molecule has 0 bridgehead atoms. The van der Waals surface area contributed by atoms with E-state index < -0.39 is 90.2 Å². The topological polar surface area (TPSA) is 59.2 Å². The number of amides is 1. The van der Waals surface area contributed by atoms with Gasteiger partial charge in [0.05, 0.1) is 18.7 Å². The highest BCUT2D eigenvalue weighted by Gasteiger charge is 2.44. The van der Waals surface area contributed by atoms with E-state index in [0.717, 1.165) is 12.3 Å². The Balaban J connectivity index is 1.76. The lowest BCUT2D eigenvalue weighted by Gasteiger charge is -2.39. The number of nitrogens with zero attached hydrogens (tertiary/aromatic N) is 2. The Bertz CT molecular complexity index is 987. The number of benzene rings is 1. The first-order valence-corrected chi connectivity index (χ1v) is 9.38. The Morgan fingerprint density at radius 3 is 2.28 bits per heavy atom. The van der Waals surface area contributed by atoms with Gasteiger partial charge in [0, 0.05) is 24.2 Å². The number of hydrogen-bond acceptors (Lipinski definition) is 3. The van der Waals surface area contributed by atoms with Gasteiger partial charge >= 0.3 is 6.18 Å². The van der Waals surface area contributed by atoms with Crippen LogP contribution < -0.4 is 5.73 Å². The maximum Gasteiger partial charge on any atom is 0.418 e. The lowest BCUT2D eigenvalue weighted by molar-refractivity contribution is -0.138. The van der Waals surface area contributed by atoms with Crippen LogP contribution in [0.2, 0.25) is 0 Å². The summed E-state index contributed by atoms with van der Waals surface area (Å²) >= 11 is 0. The van der Waals surface area contributed by atoms with Crippen LogP contribution in [0.1, 0.15) is 21.6 Å². The molecule has 0 radical (unpaired) electrons. The van der Waals surface area contributed by atoms with Crippen molar-refractivity contribution in [3.8, 4) is 0 Å². The summed E-state index contributed by atoms with van der Waals surface area (Å²) in [6, 6.07) is 1.03. The molecule has 1 aliphatic rings. The summed E-state index contributed by atoms with van der Waals surface area (Å²) in [6.07, 6.45) is -8.70. The molecule has 1 fully saturated rings. The molecule has 2 N–H and O–H groups in total. The van der Waals surface area contributed by atoms with Crippen molar-refractivity contribution in [3.63, 3.8) is 0 Å². The predicted molar refractivity (Wildman–Crippen MR) is 96.4 cm³/mol. The lowest BCUT2D eigenvalue weighted by atomic mass is 9.83. The van der Waals surface area contributed by atoms with E-state index in [4.69, 9.17) is 5.73 Å². The SMILES string of the molecule is N[C@H](Cc1cc(F)c(F)cc1F)C1C(F)CN(C(=O)c2ncccc2C(F)(F)F)CC1F. The number of carbonyl (C=O) groups is 1. The third kappa shape index (κ3) is 4.84. The fraction of sp³-hybridized carbons (Fsp3) is 0.400. The molecular formula is C20H17F8N3O. The molecule has 0 aliphatic carbocycles. The average Bonchev–Trinajstić information content (AvgIpc) is 2.70. The number of hydrogen-bond donors (Lipinski definition) is 1. The first-order valence-electron chi connectivity index (χ1n) is 9.38. The van der Waals surface area contributed by atoms with Crippen LogP contribution in [0.25, 0.3) is 0 Å². The van der Waals surface area contributed by atoms with Crippen LogP contribution in [0.5, 0.6) is 0 Å². The number of piperidine rings is 1. The van der Waals surface area contributed by atoms with Gasteiger partial charge in [-0.15, -0.1) is 0 Å². The zero-order valence-corrected chi connectivity index (χ0v) is 16.2. The zero-order chi connectivity index (χ0) is 23.8. The van der Waals surface area contributed by atoms with Gasteiger partial charge in [-0.05, 0) is 30.2 Å². The number of carbonyl (C=O) groups excluding carboxylic acids is 1. The van der Waals surface area contributed by atoms with Crippen LogP contribution in [-0.2, 0) is 12.6 Å². The molecule has 1 saturated heterocycles. The first kappa shape index (κ1) is 23.9.